The molecule has 2 aliphatic heterocycles. The molecule has 0 spiro atoms. The Morgan fingerprint density at radius 3 is 1.96 bits per heavy atom. The first kappa shape index (κ1) is 38.3. The van der Waals surface area contributed by atoms with Crippen LogP contribution in [0.4, 0.5) is 0 Å². The van der Waals surface area contributed by atoms with Crippen molar-refractivity contribution in [3.63, 3.8) is 0 Å². The maximum Gasteiger partial charge on any atom is 0.251 e. The van der Waals surface area contributed by atoms with Crippen molar-refractivity contribution in [3.05, 3.63) is 72.9 Å². The van der Waals surface area contributed by atoms with Crippen molar-refractivity contribution in [3.8, 4) is 0 Å². The second-order valence-corrected chi connectivity index (χ2v) is 11.8. The van der Waals surface area contributed by atoms with Gasteiger partial charge in [-0.3, -0.25) is 35.3 Å². The van der Waals surface area contributed by atoms with Crippen molar-refractivity contribution in [2.45, 2.75) is 110 Å². The molecular weight excluding hydrogens is 580 g/mol. The van der Waals surface area contributed by atoms with Crippen LogP contribution < -0.4 is 21.3 Å². The molecule has 0 aromatic carbocycles. The Kier molecular flexibility index (Phi) is 18.8. The van der Waals surface area contributed by atoms with Gasteiger partial charge in [-0.15, -0.1) is 0 Å². The molecule has 0 saturated carbocycles. The van der Waals surface area contributed by atoms with E-state index in [4.69, 9.17) is 0 Å². The lowest BCUT2D eigenvalue weighted by molar-refractivity contribution is -0.128. The van der Waals surface area contributed by atoms with E-state index in [9.17, 15) is 19.5 Å². The van der Waals surface area contributed by atoms with Gasteiger partial charge in [0.25, 0.3) is 5.91 Å². The van der Waals surface area contributed by atoms with Crippen molar-refractivity contribution in [1.82, 2.24) is 21.3 Å². The lowest BCUT2D eigenvalue weighted by atomic mass is 10.0. The Bertz CT molecular complexity index is 1210. The molecule has 2 rings (SSSR count). The normalized spacial score (nSPS) is 20.2. The number of amides is 3. The van der Waals surface area contributed by atoms with Crippen LogP contribution in [0, 0.1) is 5.92 Å². The Hall–Kier alpha value is -3.89. The quantitative estimate of drug-likeness (QED) is 0.131. The number of aliphatic hydroxyl groups is 1. The van der Waals surface area contributed by atoms with Crippen molar-refractivity contribution in [2.75, 3.05) is 6.54 Å². The van der Waals surface area contributed by atoms with Crippen LogP contribution in [0.2, 0.25) is 0 Å². The minimum atomic E-state index is -0.797. The number of carbonyl (C=O) groups is 3. The van der Waals surface area contributed by atoms with E-state index < -0.39 is 30.0 Å². The molecule has 2 heterocycles. The number of aliphatic imine (C=N–C) groups is 2. The van der Waals surface area contributed by atoms with Crippen LogP contribution in [0.15, 0.2) is 82.9 Å². The average Bonchev–Trinajstić information content (AvgIpc) is 3.01. The van der Waals surface area contributed by atoms with Crippen LogP contribution in [0.5, 0.6) is 0 Å². The number of allylic oxidation sites excluding steroid dienone is 12. The number of nitrogens with one attached hydrogen (secondary N) is 4. The Balaban J connectivity index is 1.68. The molecule has 0 aromatic rings. The van der Waals surface area contributed by atoms with Gasteiger partial charge >= 0.3 is 0 Å². The SMILES string of the molecule is CC/C=C\C/C=C\C/C=C\C/C=C\C/C=C\C/C=C\CCC(=O)NC(CC(C)C)C(=O)NC1=NC2=NCC(C(C)O)NC2C(=O)N1. The third-order valence-electron chi connectivity index (χ3n) is 7.14. The summed E-state index contributed by atoms with van der Waals surface area (Å²) in [5.41, 5.74) is 0. The van der Waals surface area contributed by atoms with E-state index in [1.54, 1.807) is 6.92 Å². The van der Waals surface area contributed by atoms with Gasteiger partial charge in [0.1, 0.15) is 12.1 Å². The third kappa shape index (κ3) is 15.9. The van der Waals surface area contributed by atoms with Gasteiger partial charge in [-0.2, -0.15) is 4.99 Å². The summed E-state index contributed by atoms with van der Waals surface area (Å²) in [5.74, 6) is -0.731. The van der Waals surface area contributed by atoms with Gasteiger partial charge in [-0.1, -0.05) is 93.7 Å². The van der Waals surface area contributed by atoms with E-state index in [1.807, 2.05) is 26.0 Å². The number of nitrogens with zero attached hydrogens (tertiary/aromatic N) is 2. The summed E-state index contributed by atoms with van der Waals surface area (Å²) >= 11 is 0. The maximum atomic E-state index is 13.1. The molecule has 4 unspecified atom stereocenters. The fraction of sp³-hybridized carbons (Fsp3) is 0.528. The van der Waals surface area contributed by atoms with Crippen LogP contribution in [0.3, 0.4) is 0 Å². The van der Waals surface area contributed by atoms with E-state index in [1.165, 1.54) is 0 Å². The summed E-state index contributed by atoms with van der Waals surface area (Å²) in [6.07, 6.45) is 31.9. The predicted octanol–water partition coefficient (Wildman–Crippen LogP) is 4.72. The Morgan fingerprint density at radius 1 is 0.891 bits per heavy atom. The highest BCUT2D eigenvalue weighted by molar-refractivity contribution is 6.22. The lowest BCUT2D eigenvalue weighted by Crippen LogP contribution is -2.64. The number of carbonyl (C=O) groups excluding carboxylic acids is 3. The zero-order valence-electron chi connectivity index (χ0n) is 28.0. The standard InChI is InChI=1S/C36H54N6O4/c1-5-6-7-8-9-10-11-12-13-14-15-16-17-18-19-20-21-22-23-24-31(44)38-29(25-27(2)3)34(45)41-36-40-33-32(35(46)42-36)39-30(26-37-33)28(4)43/h6-7,9-10,12-13,15-16,18-19,21-22,27-30,32,39,43H,5,8,11,14,17,20,23-26H2,1-4H3,(H,38,44)(H2,37,40,41,42,45,46)/b7-6-,10-9-,13-12-,16-15-,19-18-,22-21-. The van der Waals surface area contributed by atoms with Crippen molar-refractivity contribution in [2.24, 2.45) is 15.9 Å². The summed E-state index contributed by atoms with van der Waals surface area (Å²) < 4.78 is 0. The monoisotopic (exact) mass is 634 g/mol. The highest BCUT2D eigenvalue weighted by atomic mass is 16.3. The Labute approximate surface area is 275 Å². The minimum absolute atomic E-state index is 0.0247. The fourth-order valence-corrected chi connectivity index (χ4v) is 4.63. The summed E-state index contributed by atoms with van der Waals surface area (Å²) in [4.78, 5) is 46.9. The number of hydrogen-bond donors (Lipinski definition) is 5. The lowest BCUT2D eigenvalue weighted by Gasteiger charge is -2.32. The van der Waals surface area contributed by atoms with Crippen LogP contribution in [-0.4, -0.2) is 65.4 Å². The Morgan fingerprint density at radius 2 is 1.43 bits per heavy atom. The zero-order valence-corrected chi connectivity index (χ0v) is 28.0. The molecular formula is C36H54N6O4. The second kappa shape index (κ2) is 22.6. The van der Waals surface area contributed by atoms with E-state index in [-0.39, 0.29) is 42.6 Å². The first-order valence-corrected chi connectivity index (χ1v) is 16.6. The topological polar surface area (TPSA) is 144 Å². The highest BCUT2D eigenvalue weighted by Gasteiger charge is 2.37. The number of fused-ring (bicyclic) bond motifs is 1. The number of amidine groups is 1. The molecule has 2 aliphatic rings. The molecule has 10 heteroatoms. The van der Waals surface area contributed by atoms with Gasteiger partial charge in [-0.05, 0) is 64.2 Å². The molecule has 5 N–H and O–H groups in total. The van der Waals surface area contributed by atoms with Crippen LogP contribution in [0.25, 0.3) is 0 Å². The first-order valence-electron chi connectivity index (χ1n) is 16.6. The van der Waals surface area contributed by atoms with Gasteiger partial charge < -0.3 is 10.4 Å². The number of hydrogen-bond acceptors (Lipinski definition) is 7. The summed E-state index contributed by atoms with van der Waals surface area (Å²) in [5, 5.41) is 20.9. The minimum Gasteiger partial charge on any atom is -0.392 e. The van der Waals surface area contributed by atoms with Crippen molar-refractivity contribution in [1.29, 1.82) is 0 Å². The van der Waals surface area contributed by atoms with E-state index in [2.05, 4.69) is 98.9 Å². The highest BCUT2D eigenvalue weighted by Crippen LogP contribution is 2.10. The molecule has 0 aliphatic carbocycles. The van der Waals surface area contributed by atoms with E-state index in [0.29, 0.717) is 12.8 Å². The van der Waals surface area contributed by atoms with E-state index in [0.717, 1.165) is 38.5 Å². The maximum absolute atomic E-state index is 13.1. The van der Waals surface area contributed by atoms with Gasteiger partial charge in [0, 0.05) is 6.42 Å². The van der Waals surface area contributed by atoms with Crippen LogP contribution in [-0.2, 0) is 14.4 Å². The van der Waals surface area contributed by atoms with Gasteiger partial charge in [0.05, 0.1) is 18.7 Å². The van der Waals surface area contributed by atoms with Gasteiger partial charge in [0.15, 0.2) is 5.84 Å². The smallest absolute Gasteiger partial charge is 0.251 e. The largest absolute Gasteiger partial charge is 0.392 e. The molecule has 3 amide bonds. The predicted molar refractivity (Wildman–Crippen MR) is 187 cm³/mol. The summed E-state index contributed by atoms with van der Waals surface area (Å²) in [7, 11) is 0. The van der Waals surface area contributed by atoms with Crippen LogP contribution in [0.1, 0.15) is 85.5 Å². The van der Waals surface area contributed by atoms with Crippen molar-refractivity contribution >= 4 is 29.5 Å². The number of aliphatic hydroxyl groups excluding tert-OH is 1. The fourth-order valence-electron chi connectivity index (χ4n) is 4.63. The van der Waals surface area contributed by atoms with Crippen LogP contribution >= 0.6 is 0 Å². The number of guanidine groups is 1. The summed E-state index contributed by atoms with van der Waals surface area (Å²) in [6, 6.07) is -1.93. The third-order valence-corrected chi connectivity index (χ3v) is 7.14. The molecule has 252 valence electrons. The molecule has 46 heavy (non-hydrogen) atoms. The molecule has 0 fully saturated rings. The first-order chi connectivity index (χ1) is 22.2. The van der Waals surface area contributed by atoms with Gasteiger partial charge in [0.2, 0.25) is 17.8 Å². The van der Waals surface area contributed by atoms with E-state index >= 15 is 0 Å². The molecule has 4 atom stereocenters. The number of rotatable bonds is 19. The van der Waals surface area contributed by atoms with Gasteiger partial charge in [-0.25, -0.2) is 0 Å². The molecule has 0 saturated heterocycles. The zero-order chi connectivity index (χ0) is 33.6. The average molecular weight is 635 g/mol. The molecule has 0 aromatic heterocycles. The summed E-state index contributed by atoms with van der Waals surface area (Å²) in [6.45, 7) is 7.97. The molecule has 0 radical (unpaired) electrons. The van der Waals surface area contributed by atoms with Crippen molar-refractivity contribution < 1.29 is 19.5 Å². The molecule has 0 bridgehead atoms. The molecule has 10 nitrogen and oxygen atoms in total. The second-order valence-electron chi connectivity index (χ2n) is 11.8.